The lowest BCUT2D eigenvalue weighted by molar-refractivity contribution is -0.113. The predicted molar refractivity (Wildman–Crippen MR) is 100 cm³/mol. The molecule has 0 spiro atoms. The lowest BCUT2D eigenvalue weighted by atomic mass is 10.2. The number of aromatic nitrogens is 3. The molecule has 0 radical (unpaired) electrons. The van der Waals surface area contributed by atoms with Crippen molar-refractivity contribution in [1.82, 2.24) is 14.8 Å². The SMILES string of the molecule is N#Cc1ccccc1NC(=O)CSc1nnc(C2CC2)n1Cc1ccco1. The fraction of sp³-hybridized carbons (Fsp3) is 0.263. The van der Waals surface area contributed by atoms with Crippen molar-refractivity contribution in [3.05, 3.63) is 59.8 Å². The first-order chi connectivity index (χ1) is 13.2. The van der Waals surface area contributed by atoms with Gasteiger partial charge in [0.1, 0.15) is 17.7 Å². The number of nitrogens with one attached hydrogen (secondary N) is 1. The molecule has 1 aromatic carbocycles. The Morgan fingerprint density at radius 3 is 2.89 bits per heavy atom. The van der Waals surface area contributed by atoms with E-state index >= 15 is 0 Å². The molecule has 0 bridgehead atoms. The number of amides is 1. The second kappa shape index (κ2) is 7.68. The summed E-state index contributed by atoms with van der Waals surface area (Å²) in [6.07, 6.45) is 3.88. The highest BCUT2D eigenvalue weighted by molar-refractivity contribution is 7.99. The summed E-state index contributed by atoms with van der Waals surface area (Å²) in [6.45, 7) is 0.549. The molecule has 1 aliphatic rings. The van der Waals surface area contributed by atoms with Crippen LogP contribution in [0.15, 0.2) is 52.2 Å². The van der Waals surface area contributed by atoms with Crippen molar-refractivity contribution in [1.29, 1.82) is 5.26 Å². The van der Waals surface area contributed by atoms with E-state index in [2.05, 4.69) is 21.6 Å². The standard InChI is InChI=1S/C19H17N5O2S/c20-10-14-4-1-2-6-16(14)21-17(25)12-27-19-23-22-18(13-7-8-13)24(19)11-15-5-3-9-26-15/h1-6,9,13H,7-8,11-12H2,(H,21,25). The molecule has 1 amide bonds. The van der Waals surface area contributed by atoms with Crippen molar-refractivity contribution < 1.29 is 9.21 Å². The molecule has 3 aromatic rings. The zero-order chi connectivity index (χ0) is 18.6. The number of nitrogens with zero attached hydrogens (tertiary/aromatic N) is 4. The van der Waals surface area contributed by atoms with Crippen LogP contribution in [0.4, 0.5) is 5.69 Å². The molecule has 8 heteroatoms. The van der Waals surface area contributed by atoms with Gasteiger partial charge in [-0.1, -0.05) is 23.9 Å². The number of para-hydroxylation sites is 1. The maximum atomic E-state index is 12.3. The minimum Gasteiger partial charge on any atom is -0.467 e. The molecule has 1 aliphatic carbocycles. The molecular weight excluding hydrogens is 362 g/mol. The topological polar surface area (TPSA) is 96.7 Å². The third kappa shape index (κ3) is 4.04. The van der Waals surface area contributed by atoms with E-state index in [4.69, 9.17) is 9.68 Å². The number of nitriles is 1. The Morgan fingerprint density at radius 2 is 2.15 bits per heavy atom. The van der Waals surface area contributed by atoms with E-state index < -0.39 is 0 Å². The van der Waals surface area contributed by atoms with Gasteiger partial charge in [0.15, 0.2) is 5.16 Å². The van der Waals surface area contributed by atoms with Crippen LogP contribution in [-0.4, -0.2) is 26.4 Å². The van der Waals surface area contributed by atoms with Crippen molar-refractivity contribution in [2.45, 2.75) is 30.5 Å². The van der Waals surface area contributed by atoms with Crippen LogP contribution in [-0.2, 0) is 11.3 Å². The number of anilines is 1. The monoisotopic (exact) mass is 379 g/mol. The first-order valence-corrected chi connectivity index (χ1v) is 9.60. The van der Waals surface area contributed by atoms with E-state index in [9.17, 15) is 4.79 Å². The van der Waals surface area contributed by atoms with E-state index in [-0.39, 0.29) is 11.7 Å². The average molecular weight is 379 g/mol. The lowest BCUT2D eigenvalue weighted by Crippen LogP contribution is -2.15. The molecule has 0 atom stereocenters. The third-order valence-corrected chi connectivity index (χ3v) is 5.20. The summed E-state index contributed by atoms with van der Waals surface area (Å²) in [4.78, 5) is 12.3. The Kier molecular flexibility index (Phi) is 4.94. The van der Waals surface area contributed by atoms with Crippen molar-refractivity contribution in [2.75, 3.05) is 11.1 Å². The molecule has 136 valence electrons. The zero-order valence-corrected chi connectivity index (χ0v) is 15.3. The molecule has 1 N–H and O–H groups in total. The van der Waals surface area contributed by atoms with Crippen LogP contribution < -0.4 is 5.32 Å². The van der Waals surface area contributed by atoms with Gasteiger partial charge in [-0.15, -0.1) is 10.2 Å². The maximum Gasteiger partial charge on any atom is 0.234 e. The fourth-order valence-corrected chi connectivity index (χ4v) is 3.51. The van der Waals surface area contributed by atoms with Gasteiger partial charge in [-0.3, -0.25) is 9.36 Å². The first-order valence-electron chi connectivity index (χ1n) is 8.62. The maximum absolute atomic E-state index is 12.3. The summed E-state index contributed by atoms with van der Waals surface area (Å²) in [6, 6.07) is 12.8. The smallest absolute Gasteiger partial charge is 0.234 e. The second-order valence-corrected chi connectivity index (χ2v) is 7.22. The zero-order valence-electron chi connectivity index (χ0n) is 14.5. The van der Waals surface area contributed by atoms with Crippen LogP contribution in [0, 0.1) is 11.3 Å². The van der Waals surface area contributed by atoms with E-state index in [0.717, 1.165) is 24.4 Å². The molecule has 4 rings (SSSR count). The van der Waals surface area contributed by atoms with Gasteiger partial charge in [-0.05, 0) is 37.1 Å². The van der Waals surface area contributed by atoms with Gasteiger partial charge in [-0.25, -0.2) is 0 Å². The molecule has 1 saturated carbocycles. The number of thioether (sulfide) groups is 1. The van der Waals surface area contributed by atoms with Crippen LogP contribution in [0.2, 0.25) is 0 Å². The van der Waals surface area contributed by atoms with E-state index in [1.165, 1.54) is 11.8 Å². The third-order valence-electron chi connectivity index (χ3n) is 4.24. The molecule has 0 aliphatic heterocycles. The summed E-state index contributed by atoms with van der Waals surface area (Å²) >= 11 is 1.33. The van der Waals surface area contributed by atoms with Crippen LogP contribution in [0.25, 0.3) is 0 Å². The Hall–Kier alpha value is -3.05. The summed E-state index contributed by atoms with van der Waals surface area (Å²) in [5.74, 6) is 2.21. The number of rotatable bonds is 7. The number of hydrogen-bond donors (Lipinski definition) is 1. The molecule has 1 fully saturated rings. The summed E-state index contributed by atoms with van der Waals surface area (Å²) in [7, 11) is 0. The molecule has 2 aromatic heterocycles. The van der Waals surface area contributed by atoms with Crippen LogP contribution in [0.3, 0.4) is 0 Å². The van der Waals surface area contributed by atoms with E-state index in [1.807, 2.05) is 16.7 Å². The van der Waals surface area contributed by atoms with E-state index in [0.29, 0.717) is 28.9 Å². The van der Waals surface area contributed by atoms with E-state index in [1.54, 1.807) is 30.5 Å². The highest BCUT2D eigenvalue weighted by Crippen LogP contribution is 2.40. The summed E-state index contributed by atoms with van der Waals surface area (Å²) in [5.41, 5.74) is 0.953. The Morgan fingerprint density at radius 1 is 1.30 bits per heavy atom. The quantitative estimate of drug-likeness (QED) is 0.632. The number of carbonyl (C=O) groups is 1. The van der Waals surface area contributed by atoms with Gasteiger partial charge < -0.3 is 9.73 Å². The Balaban J connectivity index is 1.45. The largest absolute Gasteiger partial charge is 0.467 e. The van der Waals surface area contributed by atoms with Crippen molar-refractivity contribution in [3.63, 3.8) is 0 Å². The van der Waals surface area contributed by atoms with Gasteiger partial charge in [0.2, 0.25) is 5.91 Å². The number of carbonyl (C=O) groups excluding carboxylic acids is 1. The lowest BCUT2D eigenvalue weighted by Gasteiger charge is -2.09. The molecular formula is C19H17N5O2S. The second-order valence-electron chi connectivity index (χ2n) is 6.27. The molecule has 0 unspecified atom stereocenters. The highest BCUT2D eigenvalue weighted by atomic mass is 32.2. The van der Waals surface area contributed by atoms with Gasteiger partial charge in [0.25, 0.3) is 0 Å². The molecule has 27 heavy (non-hydrogen) atoms. The number of furan rings is 1. The first kappa shape index (κ1) is 17.4. The Labute approximate surface area is 160 Å². The van der Waals surface area contributed by atoms with Crippen LogP contribution in [0.5, 0.6) is 0 Å². The van der Waals surface area contributed by atoms with Gasteiger partial charge in [0, 0.05) is 5.92 Å². The van der Waals surface area contributed by atoms with Crippen molar-refractivity contribution >= 4 is 23.4 Å². The molecule has 0 saturated heterocycles. The summed E-state index contributed by atoms with van der Waals surface area (Å²) in [5, 5.41) is 21.2. The molecule has 7 nitrogen and oxygen atoms in total. The summed E-state index contributed by atoms with van der Waals surface area (Å²) < 4.78 is 7.48. The van der Waals surface area contributed by atoms with Crippen molar-refractivity contribution in [2.24, 2.45) is 0 Å². The fourth-order valence-electron chi connectivity index (χ4n) is 2.76. The van der Waals surface area contributed by atoms with Crippen LogP contribution >= 0.6 is 11.8 Å². The Bertz CT molecular complexity index is 986. The van der Waals surface area contributed by atoms with Crippen molar-refractivity contribution in [3.8, 4) is 6.07 Å². The van der Waals surface area contributed by atoms with Gasteiger partial charge in [-0.2, -0.15) is 5.26 Å². The highest BCUT2D eigenvalue weighted by Gasteiger charge is 2.30. The molecule has 2 heterocycles. The number of benzene rings is 1. The number of hydrogen-bond acceptors (Lipinski definition) is 6. The van der Waals surface area contributed by atoms with Crippen LogP contribution in [0.1, 0.15) is 35.9 Å². The van der Waals surface area contributed by atoms with Gasteiger partial charge in [0.05, 0.1) is 29.8 Å². The average Bonchev–Trinajstić information content (AvgIpc) is 3.24. The van der Waals surface area contributed by atoms with Gasteiger partial charge >= 0.3 is 0 Å². The predicted octanol–water partition coefficient (Wildman–Crippen LogP) is 3.40. The normalized spacial score (nSPS) is 13.3. The minimum absolute atomic E-state index is 0.181. The minimum atomic E-state index is -0.191.